The molecular formula is C27H25N2O. The number of rotatable bonds is 9. The van der Waals surface area contributed by atoms with Gasteiger partial charge in [-0.15, -0.1) is 0 Å². The monoisotopic (exact) mass is 393 g/mol. The first kappa shape index (κ1) is 19.8. The Labute approximate surface area is 178 Å². The SMILES string of the molecule is O=C(CCCCC1=NC(c2ccccc2)=C(c2ccccc2)[N]1)Cc1ccccc1. The van der Waals surface area contributed by atoms with Crippen LogP contribution in [0.25, 0.3) is 11.4 Å². The third kappa shape index (κ3) is 5.12. The molecule has 0 saturated heterocycles. The van der Waals surface area contributed by atoms with E-state index in [1.807, 2.05) is 66.7 Å². The van der Waals surface area contributed by atoms with Gasteiger partial charge in [0, 0.05) is 30.4 Å². The molecule has 3 aromatic carbocycles. The molecule has 1 aliphatic heterocycles. The van der Waals surface area contributed by atoms with Gasteiger partial charge >= 0.3 is 0 Å². The molecule has 0 N–H and O–H groups in total. The van der Waals surface area contributed by atoms with Crippen molar-refractivity contribution in [3.8, 4) is 0 Å². The van der Waals surface area contributed by atoms with E-state index < -0.39 is 0 Å². The molecule has 0 fully saturated rings. The van der Waals surface area contributed by atoms with E-state index in [-0.39, 0.29) is 0 Å². The molecule has 0 spiro atoms. The minimum Gasteiger partial charge on any atom is -0.299 e. The predicted molar refractivity (Wildman–Crippen MR) is 123 cm³/mol. The van der Waals surface area contributed by atoms with E-state index in [0.717, 1.165) is 53.2 Å². The fourth-order valence-corrected chi connectivity index (χ4v) is 3.61. The van der Waals surface area contributed by atoms with E-state index in [1.54, 1.807) is 0 Å². The maximum atomic E-state index is 12.2. The second-order valence-corrected chi connectivity index (χ2v) is 7.48. The zero-order valence-corrected chi connectivity index (χ0v) is 17.0. The summed E-state index contributed by atoms with van der Waals surface area (Å²) in [6, 6.07) is 30.3. The highest BCUT2D eigenvalue weighted by molar-refractivity contribution is 6.07. The Morgan fingerprint density at radius 1 is 0.667 bits per heavy atom. The minimum atomic E-state index is 0.291. The molecule has 30 heavy (non-hydrogen) atoms. The van der Waals surface area contributed by atoms with Crippen LogP contribution >= 0.6 is 0 Å². The summed E-state index contributed by atoms with van der Waals surface area (Å²) in [5.41, 5.74) is 5.09. The van der Waals surface area contributed by atoms with E-state index in [2.05, 4.69) is 24.3 Å². The van der Waals surface area contributed by atoms with Gasteiger partial charge in [-0.05, 0) is 18.4 Å². The molecule has 1 radical (unpaired) electrons. The molecule has 0 amide bonds. The van der Waals surface area contributed by atoms with Crippen LogP contribution in [0.15, 0.2) is 96.0 Å². The lowest BCUT2D eigenvalue weighted by Crippen LogP contribution is -2.10. The van der Waals surface area contributed by atoms with Gasteiger partial charge < -0.3 is 0 Å². The summed E-state index contributed by atoms with van der Waals surface area (Å²) >= 11 is 0. The van der Waals surface area contributed by atoms with Gasteiger partial charge in [0.05, 0.1) is 11.4 Å². The minimum absolute atomic E-state index is 0.291. The van der Waals surface area contributed by atoms with Crippen LogP contribution in [0, 0.1) is 0 Å². The maximum Gasteiger partial charge on any atom is 0.137 e. The van der Waals surface area contributed by atoms with Crippen LogP contribution in [0.4, 0.5) is 0 Å². The van der Waals surface area contributed by atoms with Crippen molar-refractivity contribution in [2.24, 2.45) is 4.99 Å². The number of aliphatic imine (C=N–C) groups is 1. The number of unbranched alkanes of at least 4 members (excludes halogenated alkanes) is 1. The van der Waals surface area contributed by atoms with Crippen LogP contribution in [0.3, 0.4) is 0 Å². The quantitative estimate of drug-likeness (QED) is 0.417. The van der Waals surface area contributed by atoms with Crippen molar-refractivity contribution >= 4 is 23.0 Å². The molecule has 1 heterocycles. The predicted octanol–water partition coefficient (Wildman–Crippen LogP) is 5.90. The van der Waals surface area contributed by atoms with Crippen molar-refractivity contribution in [2.75, 3.05) is 0 Å². The van der Waals surface area contributed by atoms with Gasteiger partial charge in [0.1, 0.15) is 11.6 Å². The summed E-state index contributed by atoms with van der Waals surface area (Å²) in [6.07, 6.45) is 3.68. The van der Waals surface area contributed by atoms with E-state index >= 15 is 0 Å². The smallest absolute Gasteiger partial charge is 0.137 e. The van der Waals surface area contributed by atoms with E-state index in [9.17, 15) is 4.79 Å². The second kappa shape index (κ2) is 9.84. The summed E-state index contributed by atoms with van der Waals surface area (Å²) in [4.78, 5) is 17.1. The molecule has 0 unspecified atom stereocenters. The van der Waals surface area contributed by atoms with Crippen LogP contribution in [-0.4, -0.2) is 11.6 Å². The Morgan fingerprint density at radius 3 is 1.87 bits per heavy atom. The Hall–Kier alpha value is -3.46. The van der Waals surface area contributed by atoms with Crippen molar-refractivity contribution in [1.29, 1.82) is 0 Å². The summed E-state index contributed by atoms with van der Waals surface area (Å²) < 4.78 is 0. The highest BCUT2D eigenvalue weighted by Gasteiger charge is 2.21. The fraction of sp³-hybridized carbons (Fsp3) is 0.185. The Bertz CT molecular complexity index is 1040. The number of carbonyl (C=O) groups excluding carboxylic acids is 1. The summed E-state index contributed by atoms with van der Waals surface area (Å²) in [5, 5.41) is 4.85. The Morgan fingerprint density at radius 2 is 1.23 bits per heavy atom. The normalized spacial score (nSPS) is 13.1. The topological polar surface area (TPSA) is 43.5 Å². The maximum absolute atomic E-state index is 12.2. The van der Waals surface area contributed by atoms with E-state index in [1.165, 1.54) is 0 Å². The van der Waals surface area contributed by atoms with Crippen molar-refractivity contribution in [3.05, 3.63) is 108 Å². The van der Waals surface area contributed by atoms with Gasteiger partial charge in [0.2, 0.25) is 0 Å². The number of carbonyl (C=O) groups is 1. The molecule has 4 rings (SSSR count). The molecule has 1 aliphatic rings. The number of benzene rings is 3. The molecule has 3 nitrogen and oxygen atoms in total. The zero-order valence-electron chi connectivity index (χ0n) is 17.0. The fourth-order valence-electron chi connectivity index (χ4n) is 3.61. The standard InChI is InChI=1S/C27H25N2O/c30-24(20-21-12-4-1-5-13-21)18-10-11-19-25-28-26(22-14-6-2-7-15-22)27(29-25)23-16-8-3-9-17-23/h1-9,12-17H,10-11,18-20H2. The number of Topliss-reactive ketones (excluding diaryl/α,β-unsaturated/α-hetero) is 1. The van der Waals surface area contributed by atoms with E-state index in [0.29, 0.717) is 18.6 Å². The molecule has 0 aliphatic carbocycles. The first-order valence-electron chi connectivity index (χ1n) is 10.5. The molecule has 3 heteroatoms. The Balaban J connectivity index is 1.35. The molecule has 0 atom stereocenters. The summed E-state index contributed by atoms with van der Waals surface area (Å²) in [6.45, 7) is 0. The third-order valence-corrected chi connectivity index (χ3v) is 5.15. The molecule has 0 saturated carbocycles. The lowest BCUT2D eigenvalue weighted by molar-refractivity contribution is -0.118. The first-order chi connectivity index (χ1) is 14.8. The van der Waals surface area contributed by atoms with Gasteiger partial charge in [0.25, 0.3) is 0 Å². The van der Waals surface area contributed by atoms with Crippen molar-refractivity contribution in [2.45, 2.75) is 32.1 Å². The van der Waals surface area contributed by atoms with E-state index in [4.69, 9.17) is 10.3 Å². The number of nitrogens with zero attached hydrogens (tertiary/aromatic N) is 2. The lowest BCUT2D eigenvalue weighted by Gasteiger charge is -2.06. The number of amidine groups is 1. The van der Waals surface area contributed by atoms with Crippen molar-refractivity contribution in [1.82, 2.24) is 5.32 Å². The zero-order chi connectivity index (χ0) is 20.6. The average Bonchev–Trinajstić information content (AvgIpc) is 3.23. The third-order valence-electron chi connectivity index (χ3n) is 5.15. The lowest BCUT2D eigenvalue weighted by atomic mass is 10.0. The summed E-state index contributed by atoms with van der Waals surface area (Å²) in [7, 11) is 0. The van der Waals surface area contributed by atoms with Crippen LogP contribution < -0.4 is 5.32 Å². The average molecular weight is 394 g/mol. The first-order valence-corrected chi connectivity index (χ1v) is 10.5. The second-order valence-electron chi connectivity index (χ2n) is 7.48. The highest BCUT2D eigenvalue weighted by atomic mass is 16.1. The Kier molecular flexibility index (Phi) is 6.51. The number of hydrogen-bond acceptors (Lipinski definition) is 2. The van der Waals surface area contributed by atoms with Crippen LogP contribution in [0.1, 0.15) is 42.4 Å². The highest BCUT2D eigenvalue weighted by Crippen LogP contribution is 2.31. The molecule has 3 aromatic rings. The molecule has 0 bridgehead atoms. The van der Waals surface area contributed by atoms with Gasteiger partial charge in [0.15, 0.2) is 0 Å². The van der Waals surface area contributed by atoms with Crippen LogP contribution in [0.2, 0.25) is 0 Å². The number of ketones is 1. The molecular weight excluding hydrogens is 368 g/mol. The van der Waals surface area contributed by atoms with Gasteiger partial charge in [-0.3, -0.25) is 4.79 Å². The van der Waals surface area contributed by atoms with Gasteiger partial charge in [-0.1, -0.05) is 91.0 Å². The van der Waals surface area contributed by atoms with Crippen molar-refractivity contribution in [3.63, 3.8) is 0 Å². The van der Waals surface area contributed by atoms with Crippen LogP contribution in [-0.2, 0) is 11.2 Å². The summed E-state index contributed by atoms with van der Waals surface area (Å²) in [5.74, 6) is 1.14. The van der Waals surface area contributed by atoms with Gasteiger partial charge in [-0.2, -0.15) is 0 Å². The van der Waals surface area contributed by atoms with Crippen molar-refractivity contribution < 1.29 is 4.79 Å². The van der Waals surface area contributed by atoms with Crippen LogP contribution in [0.5, 0.6) is 0 Å². The molecule has 0 aromatic heterocycles. The van der Waals surface area contributed by atoms with Gasteiger partial charge in [-0.25, -0.2) is 10.3 Å². The number of hydrogen-bond donors (Lipinski definition) is 0. The largest absolute Gasteiger partial charge is 0.299 e. The molecule has 149 valence electrons.